The number of aliphatic carboxylic acids is 1. The lowest BCUT2D eigenvalue weighted by Crippen LogP contribution is -2.62. The number of rotatable bonds is 29. The van der Waals surface area contributed by atoms with E-state index in [0.29, 0.717) is 33.2 Å². The van der Waals surface area contributed by atoms with Crippen LogP contribution in [-0.2, 0) is 107 Å². The number of carboxylic acids is 1. The zero-order valence-electron chi connectivity index (χ0n) is 81.3. The van der Waals surface area contributed by atoms with Crippen LogP contribution < -0.4 is 102 Å². The second kappa shape index (κ2) is 55.9. The van der Waals surface area contributed by atoms with E-state index in [-0.39, 0.29) is 89.1 Å². The Bertz CT molecular complexity index is 5320. The molecule has 4 aromatic carbocycles. The first kappa shape index (κ1) is 113. The van der Waals surface area contributed by atoms with E-state index < -0.39 is 239 Å². The maximum atomic E-state index is 15.5. The molecule has 764 valence electrons. The molecule has 16 atom stereocenters. The van der Waals surface area contributed by atoms with Gasteiger partial charge in [-0.25, -0.2) is 0 Å². The van der Waals surface area contributed by atoms with Crippen molar-refractivity contribution >= 4 is 135 Å². The summed E-state index contributed by atoms with van der Waals surface area (Å²) in [6.45, 7) is 16.9. The molecule has 0 bridgehead atoms. The van der Waals surface area contributed by atoms with E-state index in [9.17, 15) is 58.2 Å². The molecule has 27 N–H and O–H groups in total. The summed E-state index contributed by atoms with van der Waals surface area (Å²) in [4.78, 5) is 258. The minimum atomic E-state index is -2.06. The normalized spacial score (nSPS) is 23.0. The van der Waals surface area contributed by atoms with Gasteiger partial charge in [0.15, 0.2) is 11.9 Å². The molecule has 3 heterocycles. The number of aliphatic hydroxyl groups is 1. The Balaban J connectivity index is 1.35. The number of benzene rings is 4. The van der Waals surface area contributed by atoms with Gasteiger partial charge in [-0.05, 0) is 128 Å². The molecule has 0 unspecified atom stereocenters. The maximum Gasteiger partial charge on any atom is 0.305 e. The smallest absolute Gasteiger partial charge is 0.305 e. The molecule has 43 nitrogen and oxygen atoms in total. The maximum absolute atomic E-state index is 15.5. The van der Waals surface area contributed by atoms with Crippen LogP contribution in [0.5, 0.6) is 0 Å². The molecule has 0 saturated carbocycles. The molecule has 0 radical (unpaired) electrons. The highest BCUT2D eigenvalue weighted by molar-refractivity contribution is 8.00. The minimum Gasteiger partial charge on any atom is -0.481 e. The Morgan fingerprint density at radius 1 is 0.468 bits per heavy atom. The van der Waals surface area contributed by atoms with Crippen molar-refractivity contribution in [1.29, 1.82) is 10.8 Å². The second-order valence-electron chi connectivity index (χ2n) is 36.5. The van der Waals surface area contributed by atoms with Crippen molar-refractivity contribution < 1.29 is 91.7 Å². The standard InChI is InChI=1S/C97H136N24O19S/c1-51(2)40-68-84(129)109-66(31-22-38-104-96(99)100)83(128)112-69(41-52(3)4)89(134)119-79(54(7)8)93(138)120-80(57(11)122)94(139)117-75(91(136)107-55(9)81(98)126)49-141-50-76(123)108-70(42-58-24-15-13-16-25-58)85(130)113-72(44-60-26-21-37-103-47-60)87(132)115-74(46-77(124)125)88(133)114-73(45-63-48-106-65-30-20-19-29-64(63)65)90(135)118-78(53(5)6)92(137)116-71(43-59-33-35-62(36-34-59)61-27-17-14-18-28-61)86(131)110-67(32-23-39-105-97(101)102)95(140)121(12)56(10)82(127)111-68/h13-21,24-30,33-37,47-48,51-57,66-75,78-80,106,122H,22-23,31-32,38-46,49-50H2,1-12H3,(H2,98,126)(H,107,136)(H,108,123)(H,109,129)(H,110,131)(H,111,127)(H,112,128)(H,113,130)(H,114,133)(H,115,132)(H,116,137)(H,117,139)(H,118,135)(H,119,134)(H,120,138)(H,124,125)(H4,99,100,104)(H4,101,102,105)/t55-,56-,57+,66-,67-,68+,69-,70-,71-,72-,73-,74-,75-,78-,79-,80-/m0/s1. The number of carbonyl (C=O) groups is 17. The first-order valence-electron chi connectivity index (χ1n) is 46.8. The van der Waals surface area contributed by atoms with Crippen LogP contribution in [-0.4, -0.2) is 266 Å². The first-order chi connectivity index (χ1) is 66.8. The second-order valence-corrected chi connectivity index (χ2v) is 37.6. The molecule has 1 fully saturated rings. The third kappa shape index (κ3) is 36.9. The van der Waals surface area contributed by atoms with Gasteiger partial charge in [-0.3, -0.25) is 97.3 Å². The summed E-state index contributed by atoms with van der Waals surface area (Å²) >= 11 is 0.721. The Morgan fingerprint density at radius 3 is 1.42 bits per heavy atom. The van der Waals surface area contributed by atoms with Crippen molar-refractivity contribution in [2.75, 3.05) is 31.6 Å². The molecule has 0 aliphatic carbocycles. The zero-order valence-corrected chi connectivity index (χ0v) is 82.1. The summed E-state index contributed by atoms with van der Waals surface area (Å²) < 4.78 is 0. The number of aromatic amines is 1. The van der Waals surface area contributed by atoms with Gasteiger partial charge in [0.2, 0.25) is 94.5 Å². The minimum absolute atomic E-state index is 0.00836. The number of aliphatic hydroxyl groups excluding tert-OH is 1. The molecule has 1 aliphatic rings. The summed E-state index contributed by atoms with van der Waals surface area (Å²) in [6.07, 6.45) is -0.239. The van der Waals surface area contributed by atoms with Crippen molar-refractivity contribution in [2.24, 2.45) is 40.9 Å². The highest BCUT2D eigenvalue weighted by atomic mass is 32.2. The number of amides is 16. The number of aromatic nitrogens is 2. The number of nitrogens with one attached hydrogen (secondary N) is 19. The molecule has 1 saturated heterocycles. The number of fused-ring (bicyclic) bond motifs is 1. The van der Waals surface area contributed by atoms with E-state index >= 15 is 33.6 Å². The van der Waals surface area contributed by atoms with Crippen LogP contribution >= 0.6 is 11.8 Å². The number of carbonyl (C=O) groups excluding carboxylic acids is 16. The van der Waals surface area contributed by atoms with Gasteiger partial charge in [0.05, 0.1) is 18.3 Å². The Labute approximate surface area is 822 Å². The summed E-state index contributed by atoms with van der Waals surface area (Å²) in [5.74, 6) is -22.0. The van der Waals surface area contributed by atoms with E-state index in [1.54, 1.807) is 133 Å². The predicted octanol–water partition coefficient (Wildman–Crippen LogP) is -0.827. The number of H-pyrrole nitrogens is 1. The third-order valence-electron chi connectivity index (χ3n) is 23.3. The lowest BCUT2D eigenvalue weighted by atomic mass is 9.98. The van der Waals surface area contributed by atoms with E-state index in [1.165, 1.54) is 53.2 Å². The lowest BCUT2D eigenvalue weighted by molar-refractivity contribution is -0.143. The number of primary amides is 1. The number of pyridine rings is 1. The number of hydrogen-bond acceptors (Lipinski definition) is 22. The van der Waals surface area contributed by atoms with Gasteiger partial charge in [-0.2, -0.15) is 0 Å². The highest BCUT2D eigenvalue weighted by Gasteiger charge is 2.42. The number of hydrogen-bond donors (Lipinski definition) is 24. The fourth-order valence-corrected chi connectivity index (χ4v) is 16.3. The van der Waals surface area contributed by atoms with Gasteiger partial charge in [0, 0.05) is 81.1 Å². The van der Waals surface area contributed by atoms with Crippen LogP contribution in [0.1, 0.15) is 143 Å². The van der Waals surface area contributed by atoms with Gasteiger partial charge in [0.25, 0.3) is 0 Å². The number of likely N-dealkylation sites (N-methyl/N-ethyl adjacent to an activating group) is 1. The third-order valence-corrected chi connectivity index (χ3v) is 24.3. The fourth-order valence-electron chi connectivity index (χ4n) is 15.4. The summed E-state index contributed by atoms with van der Waals surface area (Å²) in [5.41, 5.74) is 20.8. The van der Waals surface area contributed by atoms with Crippen LogP contribution in [0.25, 0.3) is 22.0 Å². The van der Waals surface area contributed by atoms with Gasteiger partial charge in [-0.15, -0.1) is 11.8 Å². The molecule has 1 aliphatic heterocycles. The molecule has 2 aromatic heterocycles. The number of thioether (sulfide) groups is 1. The molecule has 6 aromatic rings. The van der Waals surface area contributed by atoms with Crippen molar-refractivity contribution in [3.63, 3.8) is 0 Å². The molecule has 7 rings (SSSR count). The zero-order chi connectivity index (χ0) is 104. The molecule has 0 spiro atoms. The predicted molar refractivity (Wildman–Crippen MR) is 528 cm³/mol. The van der Waals surface area contributed by atoms with E-state index in [2.05, 4.69) is 95.0 Å². The van der Waals surface area contributed by atoms with Crippen molar-refractivity contribution in [3.05, 3.63) is 162 Å². The SMILES string of the molecule is CC(C)C[C@@H]1NC(=O)[C@H](CCCNC(=N)N)NC(=O)[C@@H](CC(C)C)NC(=O)[C@H](C)N(C)C(=O)[C@H](CCCNC(=N)N)NC(=O)[C@H](Cc2ccc(-c3ccccc3)cc2)NC(=O)[C@H](C(C)C)NC(=O)[C@H](Cc2c[nH]c3ccccc23)NC(=O)[C@H](CC(=O)O)NC(=O)[C@H](Cc2cccnc2)NC(=O)[C@H](Cc2ccccc2)NC(=O)CSC[C@@H](C(=O)N[C@@H](C)C(N)=O)NC(=O)[C@H]([C@@H](C)O)NC(=O)[C@H](C(C)C)NC1=O. The monoisotopic (exact) mass is 1970 g/mol. The van der Waals surface area contributed by atoms with E-state index in [0.717, 1.165) is 34.7 Å². The van der Waals surface area contributed by atoms with Crippen molar-refractivity contribution in [1.82, 2.24) is 99.9 Å². The van der Waals surface area contributed by atoms with Crippen LogP contribution in [0.2, 0.25) is 0 Å². The van der Waals surface area contributed by atoms with Gasteiger partial charge in [0.1, 0.15) is 90.6 Å². The van der Waals surface area contributed by atoms with Crippen molar-refractivity contribution in [2.45, 2.75) is 244 Å². The average Bonchev–Trinajstić information content (AvgIpc) is 1.70. The van der Waals surface area contributed by atoms with Gasteiger partial charge >= 0.3 is 5.97 Å². The topological polar surface area (TPSA) is 681 Å². The Hall–Kier alpha value is -14.6. The van der Waals surface area contributed by atoms with E-state index in [4.69, 9.17) is 28.0 Å². The summed E-state index contributed by atoms with van der Waals surface area (Å²) in [6, 6.07) is 10.4. The van der Waals surface area contributed by atoms with Crippen LogP contribution in [0.4, 0.5) is 0 Å². The number of guanidine groups is 2. The molecular formula is C97H136N24O19S. The van der Waals surface area contributed by atoms with Crippen LogP contribution in [0.3, 0.4) is 0 Å². The molecular weight excluding hydrogens is 1840 g/mol. The van der Waals surface area contributed by atoms with Crippen LogP contribution in [0.15, 0.2) is 140 Å². The number of para-hydroxylation sites is 1. The van der Waals surface area contributed by atoms with Gasteiger partial charge in [-0.1, -0.05) is 165 Å². The fraction of sp³-hybridized carbons (Fsp3) is 0.485. The highest BCUT2D eigenvalue weighted by Crippen LogP contribution is 2.24. The Morgan fingerprint density at radius 2 is 0.887 bits per heavy atom. The average molecular weight is 1970 g/mol. The first-order valence-corrected chi connectivity index (χ1v) is 48.0. The quantitative estimate of drug-likeness (QED) is 0.0155. The van der Waals surface area contributed by atoms with Crippen LogP contribution in [0, 0.1) is 34.5 Å². The Kier molecular flexibility index (Phi) is 44.9. The molecule has 141 heavy (non-hydrogen) atoms. The molecule has 44 heteroatoms. The summed E-state index contributed by atoms with van der Waals surface area (Å²) in [7, 11) is 1.27. The number of carboxylic acid groups (broad SMARTS) is 1. The number of nitrogens with two attached hydrogens (primary N) is 3. The largest absolute Gasteiger partial charge is 0.481 e. The lowest BCUT2D eigenvalue weighted by Gasteiger charge is -2.32. The number of nitrogens with zero attached hydrogens (tertiary/aromatic N) is 2. The van der Waals surface area contributed by atoms with Gasteiger partial charge < -0.3 is 122 Å². The molecule has 16 amide bonds. The van der Waals surface area contributed by atoms with Crippen molar-refractivity contribution in [3.8, 4) is 11.1 Å². The summed E-state index contributed by atoms with van der Waals surface area (Å²) in [5, 5.41) is 80.3. The van der Waals surface area contributed by atoms with E-state index in [1.807, 2.05) is 30.3 Å².